The minimum absolute atomic E-state index is 0.151. The molecular weight excluding hydrogens is 494 g/mol. The van der Waals surface area contributed by atoms with Crippen molar-refractivity contribution in [2.45, 2.75) is 35.6 Å². The van der Waals surface area contributed by atoms with Crippen molar-refractivity contribution in [2.24, 2.45) is 5.92 Å². The normalized spacial score (nSPS) is 22.9. The van der Waals surface area contributed by atoms with E-state index < -0.39 is 27.7 Å². The first-order valence-corrected chi connectivity index (χ1v) is 12.3. The van der Waals surface area contributed by atoms with Crippen LogP contribution in [0.3, 0.4) is 0 Å². The molecule has 1 N–H and O–H groups in total. The molecule has 13 heteroatoms. The second-order valence-corrected chi connectivity index (χ2v) is 10.4. The number of benzene rings is 1. The molecule has 1 aromatic heterocycles. The number of anilines is 1. The van der Waals surface area contributed by atoms with Crippen molar-refractivity contribution in [1.82, 2.24) is 9.71 Å². The van der Waals surface area contributed by atoms with E-state index >= 15 is 0 Å². The monoisotopic (exact) mass is 519 g/mol. The third kappa shape index (κ3) is 5.16. The lowest BCUT2D eigenvalue weighted by atomic mass is 9.70. The molecule has 35 heavy (non-hydrogen) atoms. The number of sulfonamides is 1. The molecule has 192 valence electrons. The summed E-state index contributed by atoms with van der Waals surface area (Å²) in [5.74, 6) is 0.336. The van der Waals surface area contributed by atoms with Crippen LogP contribution in [0, 0.1) is 11.7 Å². The van der Waals surface area contributed by atoms with Gasteiger partial charge in [-0.25, -0.2) is 22.5 Å². The van der Waals surface area contributed by atoms with E-state index in [1.54, 1.807) is 0 Å². The predicted molar refractivity (Wildman–Crippen MR) is 118 cm³/mol. The van der Waals surface area contributed by atoms with E-state index in [0.717, 1.165) is 7.11 Å². The van der Waals surface area contributed by atoms with Crippen molar-refractivity contribution in [2.75, 3.05) is 38.8 Å². The van der Waals surface area contributed by atoms with E-state index in [9.17, 15) is 26.0 Å². The van der Waals surface area contributed by atoms with Gasteiger partial charge in [0.25, 0.3) is 0 Å². The van der Waals surface area contributed by atoms with E-state index in [1.807, 2.05) is 4.90 Å². The van der Waals surface area contributed by atoms with Gasteiger partial charge in [-0.05, 0) is 43.0 Å². The van der Waals surface area contributed by atoms with E-state index in [1.165, 1.54) is 43.6 Å². The van der Waals surface area contributed by atoms with Gasteiger partial charge in [0.2, 0.25) is 10.0 Å². The second kappa shape index (κ2) is 9.43. The van der Waals surface area contributed by atoms with Crippen LogP contribution in [0.1, 0.15) is 12.8 Å². The van der Waals surface area contributed by atoms with Crippen LogP contribution in [0.2, 0.25) is 0 Å². The maximum atomic E-state index is 13.1. The van der Waals surface area contributed by atoms with Crippen molar-refractivity contribution in [3.63, 3.8) is 0 Å². The number of ether oxygens (including phenoxy) is 3. The first kappa shape index (κ1) is 25.5. The first-order valence-electron chi connectivity index (χ1n) is 10.8. The number of aromatic nitrogens is 1. The molecule has 0 bridgehead atoms. The lowest BCUT2D eigenvalue weighted by Gasteiger charge is -2.47. The highest BCUT2D eigenvalue weighted by Crippen LogP contribution is 2.50. The van der Waals surface area contributed by atoms with Gasteiger partial charge in [-0.3, -0.25) is 0 Å². The molecule has 1 aliphatic heterocycles. The first-order chi connectivity index (χ1) is 16.5. The average molecular weight is 520 g/mol. The molecule has 2 heterocycles. The Morgan fingerprint density at radius 3 is 2.40 bits per heavy atom. The second-order valence-electron chi connectivity index (χ2n) is 8.62. The molecule has 2 fully saturated rings. The van der Waals surface area contributed by atoms with Gasteiger partial charge in [0.15, 0.2) is 17.2 Å². The summed E-state index contributed by atoms with van der Waals surface area (Å²) in [6.07, 6.45) is -4.12. The zero-order valence-corrected chi connectivity index (χ0v) is 19.8. The van der Waals surface area contributed by atoms with Gasteiger partial charge in [0, 0.05) is 25.9 Å². The Labute approximate surface area is 200 Å². The Morgan fingerprint density at radius 1 is 1.17 bits per heavy atom. The van der Waals surface area contributed by atoms with Crippen molar-refractivity contribution >= 4 is 15.8 Å². The van der Waals surface area contributed by atoms with Crippen LogP contribution in [-0.2, 0) is 14.8 Å². The van der Waals surface area contributed by atoms with Crippen molar-refractivity contribution in [3.8, 4) is 11.5 Å². The third-order valence-electron chi connectivity index (χ3n) is 6.31. The van der Waals surface area contributed by atoms with E-state index in [0.29, 0.717) is 24.7 Å². The number of methoxy groups -OCH3 is 2. The molecule has 1 aliphatic carbocycles. The summed E-state index contributed by atoms with van der Waals surface area (Å²) in [4.78, 5) is 5.91. The molecule has 1 saturated heterocycles. The van der Waals surface area contributed by atoms with Gasteiger partial charge in [-0.15, -0.1) is 0 Å². The van der Waals surface area contributed by atoms with Crippen molar-refractivity contribution in [3.05, 3.63) is 42.3 Å². The molecular formula is C22H25F4N3O5S. The standard InChI is InChI=1S/C22H25F4N3O5S/c1-32-19-7-18(35(30,31)28-10-14-8-21(9-14,33-2)22(24,25)26)11-27-20(19)29-12-17(13-29)34-16-5-3-15(23)4-6-16/h3-7,11,14,17,28H,8-10,12-13H2,1-2H3. The van der Waals surface area contributed by atoms with Crippen LogP contribution >= 0.6 is 0 Å². The quantitative estimate of drug-likeness (QED) is 0.509. The van der Waals surface area contributed by atoms with Gasteiger partial charge in [0.05, 0.1) is 20.2 Å². The van der Waals surface area contributed by atoms with Crippen LogP contribution in [0.4, 0.5) is 23.4 Å². The zero-order chi connectivity index (χ0) is 25.4. The highest BCUT2D eigenvalue weighted by Gasteiger charge is 2.62. The molecule has 1 aromatic carbocycles. The molecule has 2 aliphatic rings. The lowest BCUT2D eigenvalue weighted by molar-refractivity contribution is -0.307. The van der Waals surface area contributed by atoms with Gasteiger partial charge >= 0.3 is 6.18 Å². The van der Waals surface area contributed by atoms with Crippen molar-refractivity contribution in [1.29, 1.82) is 0 Å². The largest absolute Gasteiger partial charge is 0.493 e. The zero-order valence-electron chi connectivity index (χ0n) is 19.0. The number of hydrogen-bond acceptors (Lipinski definition) is 7. The van der Waals surface area contributed by atoms with Gasteiger partial charge < -0.3 is 19.1 Å². The summed E-state index contributed by atoms with van der Waals surface area (Å²) in [7, 11) is -1.63. The Bertz CT molecular complexity index is 1150. The topological polar surface area (TPSA) is 90.0 Å². The third-order valence-corrected chi connectivity index (χ3v) is 7.70. The number of pyridine rings is 1. The summed E-state index contributed by atoms with van der Waals surface area (Å²) in [5.41, 5.74) is -2.22. The van der Waals surface area contributed by atoms with Crippen LogP contribution in [-0.4, -0.2) is 65.1 Å². The Kier molecular flexibility index (Phi) is 6.86. The lowest BCUT2D eigenvalue weighted by Crippen LogP contribution is -2.58. The smallest absolute Gasteiger partial charge is 0.417 e. The number of hydrogen-bond donors (Lipinski definition) is 1. The number of halogens is 4. The number of nitrogens with zero attached hydrogens (tertiary/aromatic N) is 2. The maximum Gasteiger partial charge on any atom is 0.417 e. The van der Waals surface area contributed by atoms with Crippen LogP contribution < -0.4 is 19.1 Å². The molecule has 0 spiro atoms. The van der Waals surface area contributed by atoms with E-state index in [-0.39, 0.29) is 42.0 Å². The summed E-state index contributed by atoms with van der Waals surface area (Å²) >= 11 is 0. The molecule has 0 amide bonds. The van der Waals surface area contributed by atoms with Crippen molar-refractivity contribution < 1.29 is 40.2 Å². The fraction of sp³-hybridized carbons (Fsp3) is 0.500. The Balaban J connectivity index is 1.34. The average Bonchev–Trinajstić information content (AvgIpc) is 2.75. The molecule has 2 aromatic rings. The summed E-state index contributed by atoms with van der Waals surface area (Å²) in [6.45, 7) is 0.780. The molecule has 4 rings (SSSR count). The molecule has 0 atom stereocenters. The van der Waals surface area contributed by atoms with E-state index in [4.69, 9.17) is 9.47 Å². The molecule has 8 nitrogen and oxygen atoms in total. The molecule has 0 radical (unpaired) electrons. The predicted octanol–water partition coefficient (Wildman–Crippen LogP) is 3.13. The number of alkyl halides is 3. The minimum Gasteiger partial charge on any atom is -0.493 e. The SMILES string of the molecule is COc1cc(S(=O)(=O)NCC2CC(OC)(C(F)(F)F)C2)cnc1N1CC(Oc2ccc(F)cc2)C1. The number of nitrogens with one attached hydrogen (secondary N) is 1. The summed E-state index contributed by atoms with van der Waals surface area (Å²) in [6, 6.07) is 6.99. The molecule has 0 unspecified atom stereocenters. The van der Waals surface area contributed by atoms with Gasteiger partial charge in [-0.2, -0.15) is 13.2 Å². The number of rotatable bonds is 9. The van der Waals surface area contributed by atoms with Crippen LogP contribution in [0.15, 0.2) is 41.4 Å². The minimum atomic E-state index is -4.51. The fourth-order valence-corrected chi connectivity index (χ4v) is 5.26. The fourth-order valence-electron chi connectivity index (χ4n) is 4.19. The highest BCUT2D eigenvalue weighted by molar-refractivity contribution is 7.89. The van der Waals surface area contributed by atoms with Crippen LogP contribution in [0.5, 0.6) is 11.5 Å². The van der Waals surface area contributed by atoms with Crippen LogP contribution in [0.25, 0.3) is 0 Å². The maximum absolute atomic E-state index is 13.1. The van der Waals surface area contributed by atoms with Gasteiger partial charge in [0.1, 0.15) is 22.6 Å². The Hall–Kier alpha value is -2.64. The van der Waals surface area contributed by atoms with E-state index in [2.05, 4.69) is 14.4 Å². The molecule has 1 saturated carbocycles. The summed E-state index contributed by atoms with van der Waals surface area (Å²) < 4.78 is 95.9. The summed E-state index contributed by atoms with van der Waals surface area (Å²) in [5, 5.41) is 0. The Morgan fingerprint density at radius 2 is 1.83 bits per heavy atom. The van der Waals surface area contributed by atoms with Gasteiger partial charge in [-0.1, -0.05) is 0 Å². The highest BCUT2D eigenvalue weighted by atomic mass is 32.2.